The average Bonchev–Trinajstić information content (AvgIpc) is 3.24. The lowest BCUT2D eigenvalue weighted by Crippen LogP contribution is -2.41. The molecule has 170 valence electrons. The molecule has 2 heterocycles. The molecule has 0 atom stereocenters. The fourth-order valence-corrected chi connectivity index (χ4v) is 5.05. The number of thiophene rings is 1. The summed E-state index contributed by atoms with van der Waals surface area (Å²) in [5, 5.41) is 4.73. The lowest BCUT2D eigenvalue weighted by molar-refractivity contribution is -0.116. The number of carbonyl (C=O) groups excluding carboxylic acids is 1. The molecule has 0 aliphatic carbocycles. The number of rotatable bonds is 5. The maximum Gasteiger partial charge on any atom is 0.332 e. The first kappa shape index (κ1) is 22.7. The van der Waals surface area contributed by atoms with Gasteiger partial charge in [0.25, 0.3) is 5.56 Å². The van der Waals surface area contributed by atoms with Gasteiger partial charge in [-0.05, 0) is 73.9 Å². The molecule has 0 fully saturated rings. The van der Waals surface area contributed by atoms with Gasteiger partial charge in [0, 0.05) is 5.69 Å². The molecule has 0 aliphatic heterocycles. The van der Waals surface area contributed by atoms with Crippen molar-refractivity contribution in [2.75, 3.05) is 5.32 Å². The van der Waals surface area contributed by atoms with E-state index in [1.165, 1.54) is 20.5 Å². The van der Waals surface area contributed by atoms with Gasteiger partial charge in [0.05, 0.1) is 12.1 Å². The number of aromatic nitrogens is 2. The van der Waals surface area contributed by atoms with Crippen molar-refractivity contribution in [2.24, 2.45) is 0 Å². The fourth-order valence-electron chi connectivity index (χ4n) is 4.21. The van der Waals surface area contributed by atoms with Gasteiger partial charge in [0.2, 0.25) is 5.91 Å². The summed E-state index contributed by atoms with van der Waals surface area (Å²) in [5.41, 5.74) is 6.59. The molecule has 4 aromatic rings. The topological polar surface area (TPSA) is 73.1 Å². The van der Waals surface area contributed by atoms with Crippen molar-refractivity contribution < 1.29 is 4.79 Å². The van der Waals surface area contributed by atoms with E-state index in [4.69, 9.17) is 0 Å². The van der Waals surface area contributed by atoms with Crippen LogP contribution in [0.3, 0.4) is 0 Å². The minimum Gasteiger partial charge on any atom is -0.324 e. The number of aryl methyl sites for hydroxylation is 5. The third-order valence-corrected chi connectivity index (χ3v) is 6.88. The molecule has 1 N–H and O–H groups in total. The van der Waals surface area contributed by atoms with Gasteiger partial charge in [-0.3, -0.25) is 18.7 Å². The Labute approximate surface area is 196 Å². The molecule has 7 heteroatoms. The zero-order valence-electron chi connectivity index (χ0n) is 19.5. The summed E-state index contributed by atoms with van der Waals surface area (Å²) in [4.78, 5) is 39.4. The van der Waals surface area contributed by atoms with Crippen LogP contribution in [0.2, 0.25) is 0 Å². The van der Waals surface area contributed by atoms with Crippen LogP contribution in [0.1, 0.15) is 33.4 Å². The van der Waals surface area contributed by atoms with E-state index in [2.05, 4.69) is 5.32 Å². The van der Waals surface area contributed by atoms with Crippen molar-refractivity contribution >= 4 is 33.1 Å². The minimum absolute atomic E-state index is 0.157. The van der Waals surface area contributed by atoms with Gasteiger partial charge in [0.15, 0.2) is 0 Å². The Bertz CT molecular complexity index is 1480. The number of hydrogen-bond acceptors (Lipinski definition) is 4. The first-order valence-corrected chi connectivity index (χ1v) is 11.7. The van der Waals surface area contributed by atoms with Crippen LogP contribution in [-0.2, 0) is 17.9 Å². The molecule has 0 unspecified atom stereocenters. The zero-order chi connectivity index (χ0) is 23.9. The predicted octanol–water partition coefficient (Wildman–Crippen LogP) is 4.45. The number of nitrogens with one attached hydrogen (secondary N) is 1. The fraction of sp³-hybridized carbons (Fsp3) is 0.269. The van der Waals surface area contributed by atoms with Crippen molar-refractivity contribution in [1.29, 1.82) is 0 Å². The summed E-state index contributed by atoms with van der Waals surface area (Å²) in [6, 6.07) is 11.6. The molecule has 2 aromatic heterocycles. The van der Waals surface area contributed by atoms with Crippen LogP contribution in [-0.4, -0.2) is 15.0 Å². The Morgan fingerprint density at radius 3 is 2.24 bits per heavy atom. The minimum atomic E-state index is -0.489. The molecule has 0 spiro atoms. The van der Waals surface area contributed by atoms with Gasteiger partial charge < -0.3 is 5.32 Å². The number of benzene rings is 2. The predicted molar refractivity (Wildman–Crippen MR) is 135 cm³/mol. The van der Waals surface area contributed by atoms with Crippen molar-refractivity contribution in [3.8, 4) is 0 Å². The van der Waals surface area contributed by atoms with Crippen molar-refractivity contribution in [1.82, 2.24) is 9.13 Å². The van der Waals surface area contributed by atoms with Crippen LogP contribution in [0.4, 0.5) is 5.69 Å². The summed E-state index contributed by atoms with van der Waals surface area (Å²) in [6.45, 7) is 9.91. The van der Waals surface area contributed by atoms with Crippen molar-refractivity contribution in [3.05, 3.63) is 96.0 Å². The average molecular weight is 462 g/mol. The normalized spacial score (nSPS) is 11.2. The highest BCUT2D eigenvalue weighted by molar-refractivity contribution is 7.17. The standard InChI is InChI=1S/C26H27N3O3S/c1-15-10-18(4)23(19(5)11-15)27-22(30)14-28-21-8-9-33-24(21)25(31)29(26(28)32)13-20-7-6-16(2)17(3)12-20/h6-12H,13-14H2,1-5H3,(H,27,30). The van der Waals surface area contributed by atoms with E-state index in [9.17, 15) is 14.4 Å². The van der Waals surface area contributed by atoms with E-state index in [0.717, 1.165) is 39.1 Å². The van der Waals surface area contributed by atoms with Crippen LogP contribution in [0.5, 0.6) is 0 Å². The summed E-state index contributed by atoms with van der Waals surface area (Å²) in [6.07, 6.45) is 0. The number of anilines is 1. The summed E-state index contributed by atoms with van der Waals surface area (Å²) >= 11 is 1.28. The second-order valence-electron chi connectivity index (χ2n) is 8.64. The van der Waals surface area contributed by atoms with Crippen LogP contribution < -0.4 is 16.6 Å². The maximum atomic E-state index is 13.4. The Morgan fingerprint density at radius 2 is 1.58 bits per heavy atom. The zero-order valence-corrected chi connectivity index (χ0v) is 20.3. The molecular weight excluding hydrogens is 434 g/mol. The number of nitrogens with zero attached hydrogens (tertiary/aromatic N) is 2. The molecule has 0 saturated heterocycles. The van der Waals surface area contributed by atoms with Crippen LogP contribution in [0.15, 0.2) is 51.4 Å². The van der Waals surface area contributed by atoms with Gasteiger partial charge in [-0.25, -0.2) is 4.79 Å². The first-order valence-electron chi connectivity index (χ1n) is 10.8. The van der Waals surface area contributed by atoms with E-state index in [1.54, 1.807) is 11.4 Å². The highest BCUT2D eigenvalue weighted by atomic mass is 32.1. The molecule has 0 radical (unpaired) electrons. The maximum absolute atomic E-state index is 13.4. The van der Waals surface area contributed by atoms with E-state index >= 15 is 0 Å². The third kappa shape index (κ3) is 4.41. The molecule has 0 bridgehead atoms. The van der Waals surface area contributed by atoms with Crippen molar-refractivity contribution in [2.45, 2.75) is 47.7 Å². The quantitative estimate of drug-likeness (QED) is 0.477. The Morgan fingerprint density at radius 1 is 0.879 bits per heavy atom. The Hall–Kier alpha value is -3.45. The molecular formula is C26H27N3O3S. The summed E-state index contributed by atoms with van der Waals surface area (Å²) in [7, 11) is 0. The van der Waals surface area contributed by atoms with Crippen molar-refractivity contribution in [3.63, 3.8) is 0 Å². The molecule has 1 amide bonds. The number of amides is 1. The Kier molecular flexibility index (Phi) is 6.08. The first-order chi connectivity index (χ1) is 15.7. The summed E-state index contributed by atoms with van der Waals surface area (Å²) in [5.74, 6) is -0.309. The van der Waals surface area contributed by atoms with Gasteiger partial charge >= 0.3 is 5.69 Å². The van der Waals surface area contributed by atoms with E-state index in [1.807, 2.05) is 65.0 Å². The molecule has 4 rings (SSSR count). The van der Waals surface area contributed by atoms with E-state index < -0.39 is 5.69 Å². The van der Waals surface area contributed by atoms with Crippen LogP contribution in [0, 0.1) is 34.6 Å². The Balaban J connectivity index is 1.73. The van der Waals surface area contributed by atoms with Gasteiger partial charge in [-0.2, -0.15) is 0 Å². The second kappa shape index (κ2) is 8.83. The van der Waals surface area contributed by atoms with Gasteiger partial charge in [-0.1, -0.05) is 35.9 Å². The summed E-state index contributed by atoms with van der Waals surface area (Å²) < 4.78 is 3.08. The SMILES string of the molecule is Cc1cc(C)c(NC(=O)Cn2c(=O)n(Cc3ccc(C)c(C)c3)c(=O)c3sccc32)c(C)c1. The molecule has 33 heavy (non-hydrogen) atoms. The number of hydrogen-bond donors (Lipinski definition) is 1. The number of fused-ring (bicyclic) bond motifs is 1. The molecule has 0 aliphatic rings. The van der Waals surface area contributed by atoms with Crippen LogP contribution in [0.25, 0.3) is 10.2 Å². The van der Waals surface area contributed by atoms with Crippen LogP contribution >= 0.6 is 11.3 Å². The molecule has 2 aromatic carbocycles. The third-order valence-electron chi connectivity index (χ3n) is 5.99. The lowest BCUT2D eigenvalue weighted by Gasteiger charge is -2.15. The smallest absolute Gasteiger partial charge is 0.324 e. The van der Waals surface area contributed by atoms with Gasteiger partial charge in [-0.15, -0.1) is 11.3 Å². The second-order valence-corrected chi connectivity index (χ2v) is 9.55. The lowest BCUT2D eigenvalue weighted by atomic mass is 10.1. The molecule has 0 saturated carbocycles. The highest BCUT2D eigenvalue weighted by Crippen LogP contribution is 2.22. The monoisotopic (exact) mass is 461 g/mol. The van der Waals surface area contributed by atoms with Gasteiger partial charge in [0.1, 0.15) is 11.2 Å². The van der Waals surface area contributed by atoms with E-state index in [0.29, 0.717) is 10.2 Å². The highest BCUT2D eigenvalue weighted by Gasteiger charge is 2.18. The number of carbonyl (C=O) groups is 1. The van der Waals surface area contributed by atoms with E-state index in [-0.39, 0.29) is 24.6 Å². The largest absolute Gasteiger partial charge is 0.332 e. The molecule has 6 nitrogen and oxygen atoms in total.